The van der Waals surface area contributed by atoms with Crippen LogP contribution in [-0.4, -0.2) is 37.3 Å². The lowest BCUT2D eigenvalue weighted by Gasteiger charge is -2.27. The van der Waals surface area contributed by atoms with Gasteiger partial charge in [0.25, 0.3) is 0 Å². The Kier molecular flexibility index (Phi) is 2.94. The number of fused-ring (bicyclic) bond motifs is 1. The number of aromatic nitrogens is 3. The van der Waals surface area contributed by atoms with Crippen molar-refractivity contribution in [2.75, 3.05) is 0 Å². The maximum atomic E-state index is 11.3. The predicted octanol–water partition coefficient (Wildman–Crippen LogP) is 1.61. The van der Waals surface area contributed by atoms with Crippen LogP contribution in [0.3, 0.4) is 0 Å². The number of carboxylic acid groups (broad SMARTS) is 1. The van der Waals surface area contributed by atoms with E-state index in [1.807, 2.05) is 0 Å². The van der Waals surface area contributed by atoms with Gasteiger partial charge in [-0.15, -0.1) is 5.10 Å². The number of carboxylic acids is 1. The summed E-state index contributed by atoms with van der Waals surface area (Å²) >= 11 is 0. The maximum absolute atomic E-state index is 11.3. The Balaban J connectivity index is 2.15. The number of rotatable bonds is 2. The van der Waals surface area contributed by atoms with Gasteiger partial charge >= 0.3 is 5.97 Å². The van der Waals surface area contributed by atoms with E-state index in [2.05, 4.69) is 10.3 Å². The second-order valence-corrected chi connectivity index (χ2v) is 4.93. The van der Waals surface area contributed by atoms with E-state index in [-0.39, 0.29) is 11.6 Å². The molecule has 1 heterocycles. The first-order valence-electron chi connectivity index (χ1n) is 6.44. The largest absolute Gasteiger partial charge is 0.478 e. The second-order valence-electron chi connectivity index (χ2n) is 4.93. The molecule has 2 N–H and O–H groups in total. The van der Waals surface area contributed by atoms with Crippen molar-refractivity contribution in [2.45, 2.75) is 37.8 Å². The van der Waals surface area contributed by atoms with Crippen molar-refractivity contribution in [2.24, 2.45) is 0 Å². The Labute approximate surface area is 109 Å². The molecule has 0 amide bonds. The first-order valence-corrected chi connectivity index (χ1v) is 6.44. The third-order valence-electron chi connectivity index (χ3n) is 3.73. The number of aliphatic hydroxyl groups excluding tert-OH is 1. The highest BCUT2D eigenvalue weighted by Crippen LogP contribution is 2.31. The zero-order valence-corrected chi connectivity index (χ0v) is 10.4. The number of aromatic carboxylic acids is 1. The molecule has 1 saturated carbocycles. The van der Waals surface area contributed by atoms with E-state index in [1.165, 1.54) is 0 Å². The SMILES string of the molecule is O=C(O)c1cccc2nnn(C3CCCCC3O)c12. The third-order valence-corrected chi connectivity index (χ3v) is 3.73. The molecule has 0 saturated heterocycles. The standard InChI is InChI=1S/C13H15N3O3/c17-11-7-2-1-6-10(11)16-12-8(13(18)19)4-3-5-9(12)14-15-16/h3-5,10-11,17H,1-2,6-7H2,(H,18,19). The van der Waals surface area contributed by atoms with Gasteiger partial charge in [0.1, 0.15) is 11.0 Å². The number of hydrogen-bond acceptors (Lipinski definition) is 4. The van der Waals surface area contributed by atoms with Gasteiger partial charge in [-0.05, 0) is 25.0 Å². The summed E-state index contributed by atoms with van der Waals surface area (Å²) in [7, 11) is 0. The van der Waals surface area contributed by atoms with Gasteiger partial charge in [-0.25, -0.2) is 9.48 Å². The molecule has 2 atom stereocenters. The normalized spacial score (nSPS) is 23.6. The van der Waals surface area contributed by atoms with Crippen molar-refractivity contribution in [1.82, 2.24) is 15.0 Å². The van der Waals surface area contributed by atoms with E-state index < -0.39 is 12.1 Å². The van der Waals surface area contributed by atoms with Gasteiger partial charge in [0.15, 0.2) is 0 Å². The molecule has 0 radical (unpaired) electrons. The van der Waals surface area contributed by atoms with Gasteiger partial charge in [0, 0.05) is 0 Å². The second kappa shape index (κ2) is 4.62. The highest BCUT2D eigenvalue weighted by Gasteiger charge is 2.28. The molecule has 6 nitrogen and oxygen atoms in total. The van der Waals surface area contributed by atoms with Crippen molar-refractivity contribution in [3.63, 3.8) is 0 Å². The van der Waals surface area contributed by atoms with E-state index >= 15 is 0 Å². The van der Waals surface area contributed by atoms with Crippen molar-refractivity contribution < 1.29 is 15.0 Å². The minimum atomic E-state index is -1.00. The van der Waals surface area contributed by atoms with Gasteiger partial charge in [-0.2, -0.15) is 0 Å². The lowest BCUT2D eigenvalue weighted by molar-refractivity contribution is 0.0674. The van der Waals surface area contributed by atoms with E-state index in [1.54, 1.807) is 22.9 Å². The highest BCUT2D eigenvalue weighted by atomic mass is 16.4. The van der Waals surface area contributed by atoms with Crippen LogP contribution in [0.1, 0.15) is 42.1 Å². The zero-order chi connectivity index (χ0) is 13.4. The van der Waals surface area contributed by atoms with Gasteiger partial charge in [0.05, 0.1) is 17.7 Å². The molecular formula is C13H15N3O3. The first kappa shape index (κ1) is 12.1. The summed E-state index contributed by atoms with van der Waals surface area (Å²) in [6, 6.07) is 4.75. The van der Waals surface area contributed by atoms with Crippen molar-refractivity contribution >= 4 is 17.0 Å². The van der Waals surface area contributed by atoms with E-state index in [4.69, 9.17) is 0 Å². The summed E-state index contributed by atoms with van der Waals surface area (Å²) in [5, 5.41) is 27.4. The molecule has 19 heavy (non-hydrogen) atoms. The van der Waals surface area contributed by atoms with Crippen LogP contribution in [0.25, 0.3) is 11.0 Å². The lowest BCUT2D eigenvalue weighted by Crippen LogP contribution is -2.28. The summed E-state index contributed by atoms with van der Waals surface area (Å²) < 4.78 is 1.59. The molecule has 100 valence electrons. The average molecular weight is 261 g/mol. The van der Waals surface area contributed by atoms with Gasteiger partial charge < -0.3 is 10.2 Å². The van der Waals surface area contributed by atoms with Crippen LogP contribution >= 0.6 is 0 Å². The van der Waals surface area contributed by atoms with Gasteiger partial charge in [0.2, 0.25) is 0 Å². The Morgan fingerprint density at radius 3 is 2.84 bits per heavy atom. The third kappa shape index (κ3) is 1.98. The molecule has 1 aromatic carbocycles. The molecule has 3 rings (SSSR count). The maximum Gasteiger partial charge on any atom is 0.337 e. The molecule has 6 heteroatoms. The Morgan fingerprint density at radius 1 is 1.32 bits per heavy atom. The van der Waals surface area contributed by atoms with Gasteiger partial charge in [-0.3, -0.25) is 0 Å². The summed E-state index contributed by atoms with van der Waals surface area (Å²) in [5.74, 6) is -1.00. The molecule has 0 aliphatic heterocycles. The minimum absolute atomic E-state index is 0.181. The van der Waals surface area contributed by atoms with Crippen LogP contribution in [-0.2, 0) is 0 Å². The van der Waals surface area contributed by atoms with E-state index in [0.717, 1.165) is 25.7 Å². The number of aliphatic hydroxyl groups is 1. The quantitative estimate of drug-likeness (QED) is 0.857. The lowest BCUT2D eigenvalue weighted by atomic mass is 9.92. The highest BCUT2D eigenvalue weighted by molar-refractivity contribution is 6.00. The molecule has 1 aromatic heterocycles. The van der Waals surface area contributed by atoms with Crippen LogP contribution in [0.4, 0.5) is 0 Å². The number of benzene rings is 1. The molecule has 1 aliphatic rings. The smallest absolute Gasteiger partial charge is 0.337 e. The first-order chi connectivity index (χ1) is 9.18. The molecule has 0 bridgehead atoms. The van der Waals surface area contributed by atoms with Crippen LogP contribution < -0.4 is 0 Å². The van der Waals surface area contributed by atoms with Crippen molar-refractivity contribution in [1.29, 1.82) is 0 Å². The number of nitrogens with zero attached hydrogens (tertiary/aromatic N) is 3. The molecule has 2 unspecified atom stereocenters. The topological polar surface area (TPSA) is 88.2 Å². The average Bonchev–Trinajstić information content (AvgIpc) is 2.82. The predicted molar refractivity (Wildman–Crippen MR) is 68.0 cm³/mol. The Hall–Kier alpha value is -1.95. The summed E-state index contributed by atoms with van der Waals surface area (Å²) in [4.78, 5) is 11.3. The number of para-hydroxylation sites is 1. The molecule has 1 aliphatic carbocycles. The fraction of sp³-hybridized carbons (Fsp3) is 0.462. The summed E-state index contributed by atoms with van der Waals surface area (Å²) in [6.07, 6.45) is 3.05. The molecule has 0 spiro atoms. The van der Waals surface area contributed by atoms with Gasteiger partial charge in [-0.1, -0.05) is 24.1 Å². The fourth-order valence-corrected chi connectivity index (χ4v) is 2.78. The monoisotopic (exact) mass is 261 g/mol. The number of hydrogen-bond donors (Lipinski definition) is 2. The zero-order valence-electron chi connectivity index (χ0n) is 10.4. The minimum Gasteiger partial charge on any atom is -0.478 e. The van der Waals surface area contributed by atoms with Crippen molar-refractivity contribution in [3.8, 4) is 0 Å². The van der Waals surface area contributed by atoms with Crippen LogP contribution in [0.15, 0.2) is 18.2 Å². The molecule has 1 fully saturated rings. The Morgan fingerprint density at radius 2 is 2.11 bits per heavy atom. The van der Waals surface area contributed by atoms with E-state index in [0.29, 0.717) is 11.0 Å². The van der Waals surface area contributed by atoms with Crippen LogP contribution in [0.5, 0.6) is 0 Å². The van der Waals surface area contributed by atoms with E-state index in [9.17, 15) is 15.0 Å². The number of carbonyl (C=O) groups is 1. The van der Waals surface area contributed by atoms with Crippen molar-refractivity contribution in [3.05, 3.63) is 23.8 Å². The van der Waals surface area contributed by atoms with Crippen LogP contribution in [0, 0.1) is 0 Å². The fourth-order valence-electron chi connectivity index (χ4n) is 2.78. The van der Waals surface area contributed by atoms with Crippen LogP contribution in [0.2, 0.25) is 0 Å². The Bertz CT molecular complexity index is 623. The summed E-state index contributed by atoms with van der Waals surface area (Å²) in [5.41, 5.74) is 1.24. The summed E-state index contributed by atoms with van der Waals surface area (Å²) in [6.45, 7) is 0. The molecular weight excluding hydrogens is 246 g/mol. The molecule has 2 aromatic rings.